The predicted molar refractivity (Wildman–Crippen MR) is 65.9 cm³/mol. The lowest BCUT2D eigenvalue weighted by molar-refractivity contribution is -0.385. The van der Waals surface area contributed by atoms with Crippen molar-refractivity contribution in [3.8, 4) is 6.07 Å². The van der Waals surface area contributed by atoms with E-state index in [-0.39, 0.29) is 29.5 Å². The van der Waals surface area contributed by atoms with E-state index in [2.05, 4.69) is 4.98 Å². The maximum atomic E-state index is 11.1. The number of anilines is 1. The third-order valence-electron chi connectivity index (χ3n) is 2.68. The summed E-state index contributed by atoms with van der Waals surface area (Å²) >= 11 is 0. The molecule has 0 saturated heterocycles. The van der Waals surface area contributed by atoms with Gasteiger partial charge in [0.25, 0.3) is 5.69 Å². The Morgan fingerprint density at radius 3 is 2.84 bits per heavy atom. The van der Waals surface area contributed by atoms with Gasteiger partial charge in [-0.1, -0.05) is 0 Å². The summed E-state index contributed by atoms with van der Waals surface area (Å²) in [7, 11) is 1.59. The van der Waals surface area contributed by atoms with Crippen LogP contribution in [0.3, 0.4) is 0 Å². The zero-order valence-electron chi connectivity index (χ0n) is 10.4. The lowest BCUT2D eigenvalue weighted by Gasteiger charge is -2.25. The minimum absolute atomic E-state index is 0.0980. The summed E-state index contributed by atoms with van der Waals surface area (Å²) in [6, 6.07) is 2.68. The van der Waals surface area contributed by atoms with Crippen molar-refractivity contribution in [3.63, 3.8) is 0 Å². The Balaban J connectivity index is 3.24. The van der Waals surface area contributed by atoms with Crippen LogP contribution in [0.2, 0.25) is 0 Å². The number of carboxylic acids is 1. The zero-order chi connectivity index (χ0) is 14.6. The van der Waals surface area contributed by atoms with Crippen molar-refractivity contribution in [1.29, 1.82) is 5.26 Å². The Kier molecular flexibility index (Phi) is 4.36. The van der Waals surface area contributed by atoms with Gasteiger partial charge in [-0.2, -0.15) is 5.26 Å². The number of carbonyl (C=O) groups is 1. The molecule has 0 fully saturated rings. The number of rotatable bonds is 5. The maximum Gasteiger partial charge on any atom is 0.339 e. The smallest absolute Gasteiger partial charge is 0.339 e. The van der Waals surface area contributed by atoms with E-state index in [4.69, 9.17) is 10.4 Å². The Morgan fingerprint density at radius 1 is 1.74 bits per heavy atom. The average Bonchev–Trinajstić information content (AvgIpc) is 2.37. The van der Waals surface area contributed by atoms with Gasteiger partial charge in [-0.25, -0.2) is 9.78 Å². The molecule has 8 nitrogen and oxygen atoms in total. The Morgan fingerprint density at radius 2 is 2.37 bits per heavy atom. The summed E-state index contributed by atoms with van der Waals surface area (Å²) in [5.41, 5.74) is -0.649. The molecule has 1 atom stereocenters. The summed E-state index contributed by atoms with van der Waals surface area (Å²) in [5.74, 6) is -1.21. The molecule has 1 unspecified atom stereocenters. The Hall–Kier alpha value is -2.69. The van der Waals surface area contributed by atoms with E-state index in [1.807, 2.05) is 6.07 Å². The first-order valence-corrected chi connectivity index (χ1v) is 5.36. The molecule has 1 aromatic rings. The zero-order valence-corrected chi connectivity index (χ0v) is 10.4. The van der Waals surface area contributed by atoms with Gasteiger partial charge >= 0.3 is 5.97 Å². The van der Waals surface area contributed by atoms with Gasteiger partial charge in [-0.05, 0) is 6.92 Å². The second-order valence-electron chi connectivity index (χ2n) is 3.95. The number of nitriles is 1. The first-order valence-electron chi connectivity index (χ1n) is 5.36. The van der Waals surface area contributed by atoms with Crippen LogP contribution in [0.25, 0.3) is 0 Å². The topological polar surface area (TPSA) is 120 Å². The summed E-state index contributed by atoms with van der Waals surface area (Å²) in [6.45, 7) is 1.73. The Bertz CT molecular complexity index is 552. The van der Waals surface area contributed by atoms with Crippen LogP contribution in [0.15, 0.2) is 12.3 Å². The molecule has 0 bridgehead atoms. The number of carboxylic acid groups (broad SMARTS) is 1. The largest absolute Gasteiger partial charge is 0.478 e. The van der Waals surface area contributed by atoms with Gasteiger partial charge in [-0.15, -0.1) is 0 Å². The number of nitrogens with zero attached hydrogens (tertiary/aromatic N) is 4. The van der Waals surface area contributed by atoms with E-state index in [9.17, 15) is 14.9 Å². The van der Waals surface area contributed by atoms with E-state index in [0.29, 0.717) is 0 Å². The summed E-state index contributed by atoms with van der Waals surface area (Å²) in [5, 5.41) is 28.3. The summed E-state index contributed by atoms with van der Waals surface area (Å²) in [4.78, 5) is 26.4. The predicted octanol–water partition coefficient (Wildman–Crippen LogP) is 1.43. The SMILES string of the molecule is CC(CC#N)N(C)c1ncc([N+](=O)[O-])cc1C(=O)O. The van der Waals surface area contributed by atoms with Gasteiger partial charge in [0, 0.05) is 19.2 Å². The normalized spacial score (nSPS) is 11.4. The molecule has 0 spiro atoms. The fraction of sp³-hybridized carbons (Fsp3) is 0.364. The van der Waals surface area contributed by atoms with Crippen LogP contribution >= 0.6 is 0 Å². The van der Waals surface area contributed by atoms with Crippen molar-refractivity contribution in [2.24, 2.45) is 0 Å². The average molecular weight is 264 g/mol. The van der Waals surface area contributed by atoms with Crippen molar-refractivity contribution in [2.45, 2.75) is 19.4 Å². The standard InChI is InChI=1S/C11H12N4O4/c1-7(3-4-12)14(2)10-9(11(16)17)5-8(6-13-10)15(18)19/h5-7H,3H2,1-2H3,(H,16,17). The van der Waals surface area contributed by atoms with Crippen LogP contribution in [0, 0.1) is 21.4 Å². The first-order chi connectivity index (χ1) is 8.88. The molecule has 1 aromatic heterocycles. The van der Waals surface area contributed by atoms with Gasteiger partial charge in [-0.3, -0.25) is 10.1 Å². The first kappa shape index (κ1) is 14.4. The summed E-state index contributed by atoms with van der Waals surface area (Å²) in [6.07, 6.45) is 1.19. The molecule has 1 N–H and O–H groups in total. The second kappa shape index (κ2) is 5.77. The van der Waals surface area contributed by atoms with Crippen molar-refractivity contribution in [1.82, 2.24) is 4.98 Å². The number of hydrogen-bond acceptors (Lipinski definition) is 6. The lowest BCUT2D eigenvalue weighted by atomic mass is 10.2. The van der Waals surface area contributed by atoms with E-state index < -0.39 is 10.9 Å². The van der Waals surface area contributed by atoms with Gasteiger partial charge in [0.05, 0.1) is 17.4 Å². The van der Waals surface area contributed by atoms with Gasteiger partial charge in [0.2, 0.25) is 0 Å². The van der Waals surface area contributed by atoms with Crippen LogP contribution < -0.4 is 4.90 Å². The molecule has 1 heterocycles. The highest BCUT2D eigenvalue weighted by Crippen LogP contribution is 2.23. The Labute approximate surface area is 109 Å². The molecule has 100 valence electrons. The number of aromatic nitrogens is 1. The highest BCUT2D eigenvalue weighted by atomic mass is 16.6. The maximum absolute atomic E-state index is 11.1. The highest BCUT2D eigenvalue weighted by molar-refractivity contribution is 5.94. The molecule has 1 rings (SSSR count). The molecule has 0 aromatic carbocycles. The third-order valence-corrected chi connectivity index (χ3v) is 2.68. The summed E-state index contributed by atoms with van der Waals surface area (Å²) < 4.78 is 0. The molecular weight excluding hydrogens is 252 g/mol. The molecule has 0 aliphatic carbocycles. The molecule has 19 heavy (non-hydrogen) atoms. The minimum atomic E-state index is -1.30. The van der Waals surface area contributed by atoms with E-state index in [0.717, 1.165) is 12.3 Å². The fourth-order valence-electron chi connectivity index (χ4n) is 1.46. The third kappa shape index (κ3) is 3.16. The van der Waals surface area contributed by atoms with Crippen molar-refractivity contribution in [2.75, 3.05) is 11.9 Å². The molecule has 0 saturated carbocycles. The molecule has 0 amide bonds. The van der Waals surface area contributed by atoms with Crippen LogP contribution in [0.5, 0.6) is 0 Å². The van der Waals surface area contributed by atoms with Crippen LogP contribution in [0.4, 0.5) is 11.5 Å². The molecule has 0 aliphatic heterocycles. The second-order valence-corrected chi connectivity index (χ2v) is 3.95. The van der Waals surface area contributed by atoms with Gasteiger partial charge < -0.3 is 10.0 Å². The number of hydrogen-bond donors (Lipinski definition) is 1. The number of pyridine rings is 1. The minimum Gasteiger partial charge on any atom is -0.478 e. The lowest BCUT2D eigenvalue weighted by Crippen LogP contribution is -2.30. The molecular formula is C11H12N4O4. The van der Waals surface area contributed by atoms with Crippen LogP contribution in [-0.2, 0) is 0 Å². The van der Waals surface area contributed by atoms with Crippen LogP contribution in [0.1, 0.15) is 23.7 Å². The van der Waals surface area contributed by atoms with E-state index >= 15 is 0 Å². The van der Waals surface area contributed by atoms with E-state index in [1.165, 1.54) is 4.90 Å². The monoisotopic (exact) mass is 264 g/mol. The van der Waals surface area contributed by atoms with Crippen molar-refractivity contribution < 1.29 is 14.8 Å². The number of nitro groups is 1. The fourth-order valence-corrected chi connectivity index (χ4v) is 1.46. The van der Waals surface area contributed by atoms with Gasteiger partial charge in [0.15, 0.2) is 0 Å². The van der Waals surface area contributed by atoms with Crippen LogP contribution in [-0.4, -0.2) is 34.1 Å². The quantitative estimate of drug-likeness (QED) is 0.630. The van der Waals surface area contributed by atoms with Gasteiger partial charge in [0.1, 0.15) is 17.6 Å². The number of aromatic carboxylic acids is 1. The van der Waals surface area contributed by atoms with Crippen molar-refractivity contribution >= 4 is 17.5 Å². The van der Waals surface area contributed by atoms with E-state index in [1.54, 1.807) is 14.0 Å². The molecule has 0 aliphatic rings. The molecule has 8 heteroatoms. The van der Waals surface area contributed by atoms with Crippen molar-refractivity contribution in [3.05, 3.63) is 27.9 Å². The molecule has 0 radical (unpaired) electrons. The highest BCUT2D eigenvalue weighted by Gasteiger charge is 2.22.